The summed E-state index contributed by atoms with van der Waals surface area (Å²) in [6, 6.07) is 2.16. The summed E-state index contributed by atoms with van der Waals surface area (Å²) < 4.78 is 0. The van der Waals surface area contributed by atoms with Gasteiger partial charge in [0.05, 0.1) is 12.7 Å². The standard InChI is InChI=1S/C24H36N6O7/c1-13(32)20(26)23(35)28-17(8-4-5-9-25)21(33)29-18(22(34)30-19(12-31)24(36)37)10-14-11-27-16-7-3-2-6-15(14)16/h2-3,6-7,11,13,17-20,27,31-32H,4-5,8-10,12,25-26H2,1H3,(H,28,35)(H,29,33)(H,30,34)(H,36,37). The van der Waals surface area contributed by atoms with Gasteiger partial charge in [-0.1, -0.05) is 18.2 Å². The Labute approximate surface area is 214 Å². The number of carbonyl (C=O) groups excluding carboxylic acids is 3. The van der Waals surface area contributed by atoms with Crippen molar-refractivity contribution < 1.29 is 34.5 Å². The first-order chi connectivity index (χ1) is 17.6. The van der Waals surface area contributed by atoms with Crippen LogP contribution in [0.4, 0.5) is 0 Å². The molecule has 2 aromatic rings. The van der Waals surface area contributed by atoms with Gasteiger partial charge in [-0.05, 0) is 44.4 Å². The van der Waals surface area contributed by atoms with Crippen molar-refractivity contribution >= 4 is 34.6 Å². The normalized spacial score (nSPS) is 15.3. The van der Waals surface area contributed by atoms with E-state index in [0.717, 1.165) is 10.9 Å². The number of H-pyrrole nitrogens is 1. The number of carboxylic acids is 1. The number of amides is 3. The largest absolute Gasteiger partial charge is 0.480 e. The molecule has 0 radical (unpaired) electrons. The maximum Gasteiger partial charge on any atom is 0.328 e. The number of carbonyl (C=O) groups is 4. The summed E-state index contributed by atoms with van der Waals surface area (Å²) in [6.07, 6.45) is 1.79. The Balaban J connectivity index is 2.29. The van der Waals surface area contributed by atoms with Crippen LogP contribution in [0.15, 0.2) is 30.5 Å². The summed E-state index contributed by atoms with van der Waals surface area (Å²) in [5, 5.41) is 36.3. The van der Waals surface area contributed by atoms with Gasteiger partial charge in [-0.25, -0.2) is 4.79 Å². The number of hydrogen-bond acceptors (Lipinski definition) is 8. The summed E-state index contributed by atoms with van der Waals surface area (Å²) in [5.74, 6) is -3.70. The van der Waals surface area contributed by atoms with E-state index in [-0.39, 0.29) is 12.8 Å². The van der Waals surface area contributed by atoms with Gasteiger partial charge in [0.2, 0.25) is 17.7 Å². The Kier molecular flexibility index (Phi) is 11.5. The van der Waals surface area contributed by atoms with Crippen molar-refractivity contribution in [2.24, 2.45) is 11.5 Å². The number of rotatable bonds is 15. The van der Waals surface area contributed by atoms with Crippen LogP contribution in [-0.2, 0) is 25.6 Å². The Morgan fingerprint density at radius 2 is 1.59 bits per heavy atom. The number of aromatic amines is 1. The van der Waals surface area contributed by atoms with Crippen molar-refractivity contribution in [3.8, 4) is 0 Å². The number of aromatic nitrogens is 1. The lowest BCUT2D eigenvalue weighted by Gasteiger charge is -2.25. The molecular weight excluding hydrogens is 484 g/mol. The topological polar surface area (TPSA) is 233 Å². The Hall–Kier alpha value is -3.52. The highest BCUT2D eigenvalue weighted by atomic mass is 16.4. The van der Waals surface area contributed by atoms with Crippen LogP contribution in [0.2, 0.25) is 0 Å². The average Bonchev–Trinajstić information content (AvgIpc) is 3.28. The number of hydrogen-bond donors (Lipinski definition) is 9. The lowest BCUT2D eigenvalue weighted by atomic mass is 10.0. The minimum Gasteiger partial charge on any atom is -0.480 e. The number of carboxylic acid groups (broad SMARTS) is 1. The van der Waals surface area contributed by atoms with Gasteiger partial charge in [0.1, 0.15) is 24.2 Å². The van der Waals surface area contributed by atoms with E-state index in [1.165, 1.54) is 6.92 Å². The quantitative estimate of drug-likeness (QED) is 0.119. The molecule has 204 valence electrons. The first-order valence-electron chi connectivity index (χ1n) is 12.0. The van der Waals surface area contributed by atoms with E-state index in [1.807, 2.05) is 24.3 Å². The summed E-state index contributed by atoms with van der Waals surface area (Å²) in [4.78, 5) is 53.2. The van der Waals surface area contributed by atoms with Crippen LogP contribution in [0.1, 0.15) is 31.7 Å². The highest BCUT2D eigenvalue weighted by Gasteiger charge is 2.31. The lowest BCUT2D eigenvalue weighted by molar-refractivity contribution is -0.143. The van der Waals surface area contributed by atoms with Gasteiger partial charge in [-0.3, -0.25) is 14.4 Å². The van der Waals surface area contributed by atoms with Crippen molar-refractivity contribution in [3.05, 3.63) is 36.0 Å². The van der Waals surface area contributed by atoms with Gasteiger partial charge < -0.3 is 47.7 Å². The number of aliphatic hydroxyl groups is 2. The molecule has 37 heavy (non-hydrogen) atoms. The molecule has 3 amide bonds. The molecule has 0 saturated carbocycles. The molecule has 1 aromatic heterocycles. The number of aliphatic hydroxyl groups excluding tert-OH is 2. The summed E-state index contributed by atoms with van der Waals surface area (Å²) in [7, 11) is 0. The Morgan fingerprint density at radius 3 is 2.22 bits per heavy atom. The minimum absolute atomic E-state index is 0.00396. The number of unbranched alkanes of at least 4 members (excludes halogenated alkanes) is 1. The molecule has 11 N–H and O–H groups in total. The lowest BCUT2D eigenvalue weighted by Crippen LogP contribution is -2.58. The van der Waals surface area contributed by atoms with Crippen LogP contribution in [0.3, 0.4) is 0 Å². The van der Waals surface area contributed by atoms with E-state index in [1.54, 1.807) is 6.20 Å². The highest BCUT2D eigenvalue weighted by molar-refractivity contribution is 5.95. The molecule has 1 aromatic carbocycles. The Bertz CT molecular complexity index is 1070. The third kappa shape index (κ3) is 8.53. The molecule has 5 atom stereocenters. The van der Waals surface area contributed by atoms with Gasteiger partial charge in [0.15, 0.2) is 0 Å². The van der Waals surface area contributed by atoms with Gasteiger partial charge in [0, 0.05) is 23.5 Å². The zero-order valence-electron chi connectivity index (χ0n) is 20.6. The number of nitrogens with two attached hydrogens (primary N) is 2. The van der Waals surface area contributed by atoms with Crippen molar-refractivity contribution in [1.82, 2.24) is 20.9 Å². The fourth-order valence-electron chi connectivity index (χ4n) is 3.71. The molecule has 0 aliphatic heterocycles. The van der Waals surface area contributed by atoms with E-state index in [0.29, 0.717) is 24.9 Å². The highest BCUT2D eigenvalue weighted by Crippen LogP contribution is 2.19. The van der Waals surface area contributed by atoms with Crippen molar-refractivity contribution in [2.75, 3.05) is 13.2 Å². The number of fused-ring (bicyclic) bond motifs is 1. The molecule has 0 spiro atoms. The number of benzene rings is 1. The molecule has 0 aliphatic carbocycles. The van der Waals surface area contributed by atoms with Crippen LogP contribution in [0, 0.1) is 0 Å². The van der Waals surface area contributed by atoms with E-state index >= 15 is 0 Å². The van der Waals surface area contributed by atoms with Gasteiger partial charge in [-0.2, -0.15) is 0 Å². The molecule has 13 nitrogen and oxygen atoms in total. The maximum absolute atomic E-state index is 13.2. The van der Waals surface area contributed by atoms with Crippen molar-refractivity contribution in [1.29, 1.82) is 0 Å². The molecular formula is C24H36N6O7. The Morgan fingerprint density at radius 1 is 0.973 bits per heavy atom. The van der Waals surface area contributed by atoms with Crippen LogP contribution in [-0.4, -0.2) is 87.4 Å². The van der Waals surface area contributed by atoms with Crippen molar-refractivity contribution in [2.45, 2.75) is 62.9 Å². The average molecular weight is 521 g/mol. The maximum atomic E-state index is 13.2. The molecule has 0 bridgehead atoms. The predicted octanol–water partition coefficient (Wildman–Crippen LogP) is -1.92. The van der Waals surface area contributed by atoms with E-state index in [4.69, 9.17) is 11.5 Å². The monoisotopic (exact) mass is 520 g/mol. The summed E-state index contributed by atoms with van der Waals surface area (Å²) in [6.45, 7) is 0.873. The summed E-state index contributed by atoms with van der Waals surface area (Å²) in [5.41, 5.74) is 12.7. The molecule has 13 heteroatoms. The van der Waals surface area contributed by atoms with Crippen LogP contribution in [0.25, 0.3) is 10.9 Å². The first kappa shape index (κ1) is 29.7. The third-order valence-electron chi connectivity index (χ3n) is 5.93. The van der Waals surface area contributed by atoms with Gasteiger partial charge in [0.25, 0.3) is 0 Å². The van der Waals surface area contributed by atoms with Crippen LogP contribution < -0.4 is 27.4 Å². The number of aliphatic carboxylic acids is 1. The predicted molar refractivity (Wildman–Crippen MR) is 135 cm³/mol. The number of nitrogens with one attached hydrogen (secondary N) is 4. The second kappa shape index (κ2) is 14.3. The van der Waals surface area contributed by atoms with Crippen molar-refractivity contribution in [3.63, 3.8) is 0 Å². The second-order valence-corrected chi connectivity index (χ2v) is 8.82. The fourth-order valence-corrected chi connectivity index (χ4v) is 3.71. The molecule has 5 unspecified atom stereocenters. The van der Waals surface area contributed by atoms with Gasteiger partial charge in [-0.15, -0.1) is 0 Å². The zero-order valence-corrected chi connectivity index (χ0v) is 20.6. The molecule has 0 saturated heterocycles. The zero-order chi connectivity index (χ0) is 27.5. The van der Waals surface area contributed by atoms with E-state index in [2.05, 4.69) is 20.9 Å². The van der Waals surface area contributed by atoms with Crippen LogP contribution >= 0.6 is 0 Å². The SMILES string of the molecule is CC(O)C(N)C(=O)NC(CCCCN)C(=O)NC(Cc1c[nH]c2ccccc12)C(=O)NC(CO)C(=O)O. The number of para-hydroxylation sites is 1. The summed E-state index contributed by atoms with van der Waals surface area (Å²) >= 11 is 0. The molecule has 2 rings (SSSR count). The molecule has 0 aliphatic rings. The van der Waals surface area contributed by atoms with Crippen LogP contribution in [0.5, 0.6) is 0 Å². The third-order valence-corrected chi connectivity index (χ3v) is 5.93. The van der Waals surface area contributed by atoms with Gasteiger partial charge >= 0.3 is 5.97 Å². The fraction of sp³-hybridized carbons (Fsp3) is 0.500. The molecule has 0 fully saturated rings. The second-order valence-electron chi connectivity index (χ2n) is 8.82. The van der Waals surface area contributed by atoms with E-state index < -0.39 is 60.6 Å². The molecule has 1 heterocycles. The first-order valence-corrected chi connectivity index (χ1v) is 12.0. The minimum atomic E-state index is -1.57. The smallest absolute Gasteiger partial charge is 0.328 e. The van der Waals surface area contributed by atoms with E-state index in [9.17, 15) is 34.5 Å².